The van der Waals surface area contributed by atoms with Gasteiger partial charge in [-0.05, 0) is 55.3 Å². The number of carbonyl (C=O) groups is 1. The molecule has 1 aliphatic heterocycles. The second-order valence-corrected chi connectivity index (χ2v) is 8.24. The SMILES string of the molecule is CCC(C)c1ccc(C(NC(=O)c2cn(C3CCNCC3)nn2)C(C)C)cc1.Cl. The van der Waals surface area contributed by atoms with Crippen molar-refractivity contribution in [3.05, 3.63) is 47.3 Å². The topological polar surface area (TPSA) is 71.8 Å². The molecule has 2 unspecified atom stereocenters. The van der Waals surface area contributed by atoms with Crippen LogP contribution in [0.4, 0.5) is 0 Å². The highest BCUT2D eigenvalue weighted by atomic mass is 35.5. The number of carbonyl (C=O) groups excluding carboxylic acids is 1. The van der Waals surface area contributed by atoms with Gasteiger partial charge in [-0.1, -0.05) is 57.2 Å². The maximum Gasteiger partial charge on any atom is 0.273 e. The van der Waals surface area contributed by atoms with Crippen LogP contribution in [-0.4, -0.2) is 34.0 Å². The molecule has 6 nitrogen and oxygen atoms in total. The van der Waals surface area contributed by atoms with Gasteiger partial charge in [-0.3, -0.25) is 4.79 Å². The minimum atomic E-state index is -0.162. The van der Waals surface area contributed by atoms with Crippen molar-refractivity contribution >= 4 is 18.3 Å². The average Bonchev–Trinajstić information content (AvgIpc) is 3.22. The first kappa shape index (κ1) is 23.4. The molecule has 1 aliphatic rings. The fraction of sp³-hybridized carbons (Fsp3) is 0.591. The molecule has 2 atom stereocenters. The van der Waals surface area contributed by atoms with E-state index in [9.17, 15) is 4.79 Å². The zero-order chi connectivity index (χ0) is 20.1. The number of benzene rings is 1. The quantitative estimate of drug-likeness (QED) is 0.703. The molecular formula is C22H34ClN5O. The van der Waals surface area contributed by atoms with Crippen molar-refractivity contribution in [1.29, 1.82) is 0 Å². The summed E-state index contributed by atoms with van der Waals surface area (Å²) in [6.07, 6.45) is 4.94. The van der Waals surface area contributed by atoms with Gasteiger partial charge in [0, 0.05) is 0 Å². The van der Waals surface area contributed by atoms with Crippen molar-refractivity contribution in [1.82, 2.24) is 25.6 Å². The van der Waals surface area contributed by atoms with Gasteiger partial charge in [0.05, 0.1) is 18.3 Å². The Balaban J connectivity index is 0.00000300. The number of amides is 1. The third kappa shape index (κ3) is 5.80. The monoisotopic (exact) mass is 419 g/mol. The van der Waals surface area contributed by atoms with Crippen molar-refractivity contribution in [2.45, 2.75) is 65.0 Å². The summed E-state index contributed by atoms with van der Waals surface area (Å²) in [5, 5.41) is 14.8. The molecule has 0 aliphatic carbocycles. The van der Waals surface area contributed by atoms with Gasteiger partial charge in [0.25, 0.3) is 5.91 Å². The average molecular weight is 420 g/mol. The van der Waals surface area contributed by atoms with Crippen molar-refractivity contribution in [2.75, 3.05) is 13.1 Å². The standard InChI is InChI=1S/C22H33N5O.ClH/c1-5-16(4)17-6-8-18(9-7-17)21(15(2)3)24-22(28)20-14-27(26-25-20)19-10-12-23-13-11-19;/h6-9,14-16,19,21,23H,5,10-13H2,1-4H3,(H,24,28);1H. The summed E-state index contributed by atoms with van der Waals surface area (Å²) in [6, 6.07) is 8.90. The lowest BCUT2D eigenvalue weighted by Gasteiger charge is -2.23. The predicted molar refractivity (Wildman–Crippen MR) is 119 cm³/mol. The molecule has 1 aromatic carbocycles. The maximum atomic E-state index is 12.8. The van der Waals surface area contributed by atoms with Crippen LogP contribution in [0.2, 0.25) is 0 Å². The Morgan fingerprint density at radius 2 is 1.79 bits per heavy atom. The van der Waals surface area contributed by atoms with E-state index in [0.717, 1.165) is 37.9 Å². The van der Waals surface area contributed by atoms with Gasteiger partial charge in [-0.25, -0.2) is 4.68 Å². The van der Waals surface area contributed by atoms with Crippen LogP contribution in [-0.2, 0) is 0 Å². The van der Waals surface area contributed by atoms with Crippen LogP contribution in [0.1, 0.15) is 86.6 Å². The van der Waals surface area contributed by atoms with E-state index >= 15 is 0 Å². The first-order valence-corrected chi connectivity index (χ1v) is 10.5. The first-order chi connectivity index (χ1) is 13.5. The number of piperidine rings is 1. The molecule has 160 valence electrons. The molecule has 7 heteroatoms. The number of rotatable bonds is 7. The summed E-state index contributed by atoms with van der Waals surface area (Å²) in [5.74, 6) is 0.661. The second kappa shape index (κ2) is 10.7. The van der Waals surface area contributed by atoms with Gasteiger partial charge < -0.3 is 10.6 Å². The Morgan fingerprint density at radius 1 is 1.17 bits per heavy atom. The van der Waals surface area contributed by atoms with E-state index in [1.54, 1.807) is 6.20 Å². The third-order valence-electron chi connectivity index (χ3n) is 5.86. The lowest BCUT2D eigenvalue weighted by Crippen LogP contribution is -2.32. The number of nitrogens with zero attached hydrogens (tertiary/aromatic N) is 3. The van der Waals surface area contributed by atoms with Crippen LogP contribution in [0.25, 0.3) is 0 Å². The van der Waals surface area contributed by atoms with Crippen LogP contribution < -0.4 is 10.6 Å². The van der Waals surface area contributed by atoms with Gasteiger partial charge in [-0.15, -0.1) is 17.5 Å². The maximum absolute atomic E-state index is 12.8. The van der Waals surface area contributed by atoms with Crippen LogP contribution >= 0.6 is 12.4 Å². The van der Waals surface area contributed by atoms with E-state index in [0.29, 0.717) is 17.7 Å². The van der Waals surface area contributed by atoms with Gasteiger partial charge in [0.15, 0.2) is 5.69 Å². The molecule has 1 amide bonds. The van der Waals surface area contributed by atoms with E-state index in [-0.39, 0.29) is 30.3 Å². The second-order valence-electron chi connectivity index (χ2n) is 8.24. The third-order valence-corrected chi connectivity index (χ3v) is 5.86. The van der Waals surface area contributed by atoms with Crippen molar-refractivity contribution in [3.63, 3.8) is 0 Å². The normalized spacial score (nSPS) is 16.9. The van der Waals surface area contributed by atoms with E-state index in [1.165, 1.54) is 5.56 Å². The van der Waals surface area contributed by atoms with E-state index in [1.807, 2.05) is 4.68 Å². The van der Waals surface area contributed by atoms with E-state index < -0.39 is 0 Å². The van der Waals surface area contributed by atoms with Gasteiger partial charge in [0.1, 0.15) is 0 Å². The molecule has 1 saturated heterocycles. The van der Waals surface area contributed by atoms with Crippen LogP contribution in [0.15, 0.2) is 30.5 Å². The molecule has 0 radical (unpaired) electrons. The zero-order valence-electron chi connectivity index (χ0n) is 17.9. The summed E-state index contributed by atoms with van der Waals surface area (Å²) in [7, 11) is 0. The van der Waals surface area contributed by atoms with Crippen molar-refractivity contribution in [2.24, 2.45) is 5.92 Å². The molecule has 0 saturated carbocycles. The fourth-order valence-electron chi connectivity index (χ4n) is 3.75. The Kier molecular flexibility index (Phi) is 8.65. The van der Waals surface area contributed by atoms with Gasteiger partial charge >= 0.3 is 0 Å². The first-order valence-electron chi connectivity index (χ1n) is 10.5. The van der Waals surface area contributed by atoms with E-state index in [4.69, 9.17) is 0 Å². The van der Waals surface area contributed by atoms with Gasteiger partial charge in [-0.2, -0.15) is 0 Å². The lowest BCUT2D eigenvalue weighted by molar-refractivity contribution is 0.0920. The number of aromatic nitrogens is 3. The minimum Gasteiger partial charge on any atom is -0.344 e. The van der Waals surface area contributed by atoms with Gasteiger partial charge in [0.2, 0.25) is 0 Å². The highest BCUT2D eigenvalue weighted by molar-refractivity contribution is 5.92. The van der Waals surface area contributed by atoms with Crippen LogP contribution in [0, 0.1) is 5.92 Å². The highest BCUT2D eigenvalue weighted by Gasteiger charge is 2.23. The summed E-state index contributed by atoms with van der Waals surface area (Å²) in [4.78, 5) is 12.8. The Bertz CT molecular complexity index is 768. The lowest BCUT2D eigenvalue weighted by atomic mass is 9.92. The Morgan fingerprint density at radius 3 is 2.38 bits per heavy atom. The van der Waals surface area contributed by atoms with Crippen LogP contribution in [0.3, 0.4) is 0 Å². The summed E-state index contributed by atoms with van der Waals surface area (Å²) >= 11 is 0. The summed E-state index contributed by atoms with van der Waals surface area (Å²) in [5.41, 5.74) is 2.85. The molecule has 0 spiro atoms. The molecule has 1 fully saturated rings. The predicted octanol–water partition coefficient (Wildman–Crippen LogP) is 4.27. The summed E-state index contributed by atoms with van der Waals surface area (Å²) in [6.45, 7) is 10.6. The molecule has 3 rings (SSSR count). The van der Waals surface area contributed by atoms with Crippen LogP contribution in [0.5, 0.6) is 0 Å². The number of nitrogens with one attached hydrogen (secondary N) is 2. The molecule has 2 heterocycles. The zero-order valence-corrected chi connectivity index (χ0v) is 18.7. The molecular weight excluding hydrogens is 386 g/mol. The molecule has 29 heavy (non-hydrogen) atoms. The smallest absolute Gasteiger partial charge is 0.273 e. The Hall–Kier alpha value is -1.92. The number of hydrogen-bond donors (Lipinski definition) is 2. The molecule has 1 aromatic heterocycles. The minimum absolute atomic E-state index is 0. The number of halogens is 1. The Labute approximate surface area is 180 Å². The number of hydrogen-bond acceptors (Lipinski definition) is 4. The van der Waals surface area contributed by atoms with Crippen molar-refractivity contribution < 1.29 is 4.79 Å². The molecule has 2 aromatic rings. The summed E-state index contributed by atoms with van der Waals surface area (Å²) < 4.78 is 1.85. The molecule has 2 N–H and O–H groups in total. The largest absolute Gasteiger partial charge is 0.344 e. The molecule has 0 bridgehead atoms. The van der Waals surface area contributed by atoms with Crippen molar-refractivity contribution in [3.8, 4) is 0 Å². The van der Waals surface area contributed by atoms with E-state index in [2.05, 4.69) is 72.9 Å². The fourth-order valence-corrected chi connectivity index (χ4v) is 3.75. The highest BCUT2D eigenvalue weighted by Crippen LogP contribution is 2.25.